The molecule has 0 radical (unpaired) electrons. The van der Waals surface area contributed by atoms with Gasteiger partial charge in [-0.3, -0.25) is 14.9 Å². The summed E-state index contributed by atoms with van der Waals surface area (Å²) >= 11 is 2.74. The van der Waals surface area contributed by atoms with Crippen molar-refractivity contribution in [3.05, 3.63) is 34.8 Å². The fourth-order valence-corrected chi connectivity index (χ4v) is 3.97. The number of nitrogens with zero attached hydrogens (tertiary/aromatic N) is 3. The number of carbonyl (C=O) groups excluding carboxylic acids is 2. The summed E-state index contributed by atoms with van der Waals surface area (Å²) in [5.41, 5.74) is 1.19. The maximum absolute atomic E-state index is 12.1. The fourth-order valence-electron chi connectivity index (χ4n) is 2.52. The number of aromatic nitrogens is 2. The van der Waals surface area contributed by atoms with E-state index in [1.165, 1.54) is 28.7 Å². The minimum absolute atomic E-state index is 0.0847. The van der Waals surface area contributed by atoms with Crippen LogP contribution in [-0.2, 0) is 16.0 Å². The first kappa shape index (κ1) is 17.9. The first-order valence-electron chi connectivity index (χ1n) is 8.19. The van der Waals surface area contributed by atoms with Crippen LogP contribution >= 0.6 is 23.1 Å². The molecule has 1 aliphatic heterocycles. The number of amides is 2. The van der Waals surface area contributed by atoms with E-state index in [0.717, 1.165) is 30.8 Å². The molecule has 1 N–H and O–H groups in total. The summed E-state index contributed by atoms with van der Waals surface area (Å²) < 4.78 is 0. The minimum atomic E-state index is -0.126. The van der Waals surface area contributed by atoms with Crippen molar-refractivity contribution in [1.29, 1.82) is 0 Å². The number of benzene rings is 1. The Morgan fingerprint density at radius 3 is 2.64 bits per heavy atom. The topological polar surface area (TPSA) is 75.2 Å². The third-order valence-electron chi connectivity index (χ3n) is 3.87. The smallest absolute Gasteiger partial charge is 0.236 e. The van der Waals surface area contributed by atoms with Crippen LogP contribution in [-0.4, -0.2) is 45.8 Å². The van der Waals surface area contributed by atoms with Crippen LogP contribution in [0.4, 0.5) is 5.13 Å². The van der Waals surface area contributed by atoms with Gasteiger partial charge in [0, 0.05) is 18.0 Å². The Hall–Kier alpha value is -1.93. The highest BCUT2D eigenvalue weighted by molar-refractivity contribution is 8.00. The van der Waals surface area contributed by atoms with E-state index in [1.807, 2.05) is 36.1 Å². The maximum atomic E-state index is 12.1. The third-order valence-corrected chi connectivity index (χ3v) is 5.72. The molecule has 0 unspecified atom stereocenters. The number of likely N-dealkylation sites (tertiary alicyclic amines) is 1. The van der Waals surface area contributed by atoms with Crippen molar-refractivity contribution in [3.63, 3.8) is 0 Å². The van der Waals surface area contributed by atoms with Gasteiger partial charge in [0.1, 0.15) is 5.01 Å². The van der Waals surface area contributed by atoms with Crippen molar-refractivity contribution in [2.45, 2.75) is 31.1 Å². The van der Waals surface area contributed by atoms with Crippen molar-refractivity contribution in [2.75, 3.05) is 24.2 Å². The molecule has 1 aromatic heterocycles. The van der Waals surface area contributed by atoms with E-state index in [0.29, 0.717) is 15.9 Å². The summed E-state index contributed by atoms with van der Waals surface area (Å²) in [5.74, 6) is 0.269. The zero-order chi connectivity index (χ0) is 17.6. The molecule has 2 aromatic rings. The summed E-state index contributed by atoms with van der Waals surface area (Å²) in [6, 6.07) is 8.05. The van der Waals surface area contributed by atoms with Gasteiger partial charge in [0.2, 0.25) is 16.9 Å². The number of thioether (sulfide) groups is 1. The second kappa shape index (κ2) is 8.44. The monoisotopic (exact) mass is 376 g/mol. The zero-order valence-electron chi connectivity index (χ0n) is 14.0. The van der Waals surface area contributed by atoms with E-state index < -0.39 is 0 Å². The Labute approximate surface area is 155 Å². The van der Waals surface area contributed by atoms with Crippen LogP contribution in [0.5, 0.6) is 0 Å². The van der Waals surface area contributed by atoms with Gasteiger partial charge in [-0.05, 0) is 31.9 Å². The lowest BCUT2D eigenvalue weighted by Crippen LogP contribution is -2.28. The van der Waals surface area contributed by atoms with Gasteiger partial charge in [0.05, 0.1) is 12.2 Å². The maximum Gasteiger partial charge on any atom is 0.236 e. The van der Waals surface area contributed by atoms with Gasteiger partial charge >= 0.3 is 0 Å². The highest BCUT2D eigenvalue weighted by atomic mass is 32.2. The van der Waals surface area contributed by atoms with E-state index >= 15 is 0 Å². The van der Waals surface area contributed by atoms with E-state index in [4.69, 9.17) is 0 Å². The van der Waals surface area contributed by atoms with Crippen LogP contribution in [0.3, 0.4) is 0 Å². The Bertz CT molecular complexity index is 739. The molecule has 132 valence electrons. The molecule has 0 saturated carbocycles. The van der Waals surface area contributed by atoms with E-state index in [1.54, 1.807) is 0 Å². The molecule has 8 heteroatoms. The number of nitrogens with one attached hydrogen (secondary N) is 1. The standard InChI is InChI=1S/C17H20N4O2S2/c1-12-4-6-13(7-5-12)24-11-14(22)18-17-20-19-15(25-17)10-16(23)21-8-2-3-9-21/h4-7H,2-3,8-11H2,1H3,(H,18,20,22). The van der Waals surface area contributed by atoms with Gasteiger partial charge in [-0.15, -0.1) is 22.0 Å². The second-order valence-electron chi connectivity index (χ2n) is 5.92. The van der Waals surface area contributed by atoms with E-state index in [-0.39, 0.29) is 18.2 Å². The lowest BCUT2D eigenvalue weighted by Gasteiger charge is -2.13. The van der Waals surface area contributed by atoms with Gasteiger partial charge in [-0.25, -0.2) is 0 Å². The average Bonchev–Trinajstić information content (AvgIpc) is 3.26. The SMILES string of the molecule is Cc1ccc(SCC(=O)Nc2nnc(CC(=O)N3CCCC3)s2)cc1. The van der Waals surface area contributed by atoms with E-state index in [9.17, 15) is 9.59 Å². The summed E-state index contributed by atoms with van der Waals surface area (Å²) in [4.78, 5) is 27.0. The molecule has 1 saturated heterocycles. The average molecular weight is 377 g/mol. The number of anilines is 1. The number of rotatable bonds is 6. The number of hydrogen-bond acceptors (Lipinski definition) is 6. The molecule has 2 heterocycles. The molecule has 0 spiro atoms. The summed E-state index contributed by atoms with van der Waals surface area (Å²) in [7, 11) is 0. The summed E-state index contributed by atoms with van der Waals surface area (Å²) in [5, 5.41) is 11.8. The number of carbonyl (C=O) groups is 2. The summed E-state index contributed by atoms with van der Waals surface area (Å²) in [6.07, 6.45) is 2.40. The van der Waals surface area contributed by atoms with Crippen LogP contribution in [0.25, 0.3) is 0 Å². The molecule has 2 amide bonds. The van der Waals surface area contributed by atoms with E-state index in [2.05, 4.69) is 15.5 Å². The third kappa shape index (κ3) is 5.27. The lowest BCUT2D eigenvalue weighted by atomic mass is 10.2. The van der Waals surface area contributed by atoms with Crippen LogP contribution < -0.4 is 5.32 Å². The normalized spacial score (nSPS) is 13.9. The van der Waals surface area contributed by atoms with Crippen LogP contribution in [0.15, 0.2) is 29.2 Å². The van der Waals surface area contributed by atoms with Crippen LogP contribution in [0.1, 0.15) is 23.4 Å². The first-order valence-corrected chi connectivity index (χ1v) is 10.00. The molecule has 0 bridgehead atoms. The molecular formula is C17H20N4O2S2. The molecule has 0 aliphatic carbocycles. The zero-order valence-corrected chi connectivity index (χ0v) is 15.7. The van der Waals surface area contributed by atoms with Crippen LogP contribution in [0, 0.1) is 6.92 Å². The highest BCUT2D eigenvalue weighted by Crippen LogP contribution is 2.20. The fraction of sp³-hybridized carbons (Fsp3) is 0.412. The summed E-state index contributed by atoms with van der Waals surface area (Å²) in [6.45, 7) is 3.69. The van der Waals surface area contributed by atoms with Gasteiger partial charge in [0.25, 0.3) is 0 Å². The number of aryl methyl sites for hydroxylation is 1. The first-order chi connectivity index (χ1) is 12.1. The van der Waals surface area contributed by atoms with Crippen molar-refractivity contribution in [2.24, 2.45) is 0 Å². The Morgan fingerprint density at radius 2 is 1.92 bits per heavy atom. The highest BCUT2D eigenvalue weighted by Gasteiger charge is 2.20. The molecule has 6 nitrogen and oxygen atoms in total. The quantitative estimate of drug-likeness (QED) is 0.785. The van der Waals surface area contributed by atoms with Crippen molar-refractivity contribution in [3.8, 4) is 0 Å². The molecule has 1 fully saturated rings. The van der Waals surface area contributed by atoms with Crippen LogP contribution in [0.2, 0.25) is 0 Å². The second-order valence-corrected chi connectivity index (χ2v) is 8.03. The Kier molecular flexibility index (Phi) is 6.04. The molecule has 1 aromatic carbocycles. The van der Waals surface area contributed by atoms with Crippen molar-refractivity contribution in [1.82, 2.24) is 15.1 Å². The molecular weight excluding hydrogens is 356 g/mol. The lowest BCUT2D eigenvalue weighted by molar-refractivity contribution is -0.129. The van der Waals surface area contributed by atoms with Gasteiger partial charge < -0.3 is 4.90 Å². The predicted molar refractivity (Wildman–Crippen MR) is 100.0 cm³/mol. The Morgan fingerprint density at radius 1 is 1.20 bits per heavy atom. The molecule has 3 rings (SSSR count). The van der Waals surface area contributed by atoms with Crippen molar-refractivity contribution < 1.29 is 9.59 Å². The predicted octanol–water partition coefficient (Wildman–Crippen LogP) is 2.74. The molecule has 0 atom stereocenters. The molecule has 25 heavy (non-hydrogen) atoms. The minimum Gasteiger partial charge on any atom is -0.342 e. The van der Waals surface area contributed by atoms with Gasteiger partial charge in [-0.2, -0.15) is 0 Å². The largest absolute Gasteiger partial charge is 0.342 e. The van der Waals surface area contributed by atoms with Gasteiger partial charge in [-0.1, -0.05) is 29.0 Å². The van der Waals surface area contributed by atoms with Crippen molar-refractivity contribution >= 4 is 40.0 Å². The number of hydrogen-bond donors (Lipinski definition) is 1. The Balaban J connectivity index is 1.46. The molecule has 1 aliphatic rings. The van der Waals surface area contributed by atoms with Gasteiger partial charge in [0.15, 0.2) is 0 Å².